The highest BCUT2D eigenvalue weighted by molar-refractivity contribution is 5.91. The summed E-state index contributed by atoms with van der Waals surface area (Å²) in [5.41, 5.74) is 2.92. The minimum absolute atomic E-state index is 0.396. The van der Waals surface area contributed by atoms with E-state index in [1.807, 2.05) is 30.6 Å². The Kier molecular flexibility index (Phi) is 8.30. The van der Waals surface area contributed by atoms with Gasteiger partial charge in [0.25, 0.3) is 0 Å². The molecule has 3 rings (SSSR count). The zero-order valence-electron chi connectivity index (χ0n) is 17.9. The average Bonchev–Trinajstić information content (AvgIpc) is 2.82. The van der Waals surface area contributed by atoms with Gasteiger partial charge in [0.15, 0.2) is 5.82 Å². The van der Waals surface area contributed by atoms with E-state index in [0.29, 0.717) is 22.7 Å². The van der Waals surface area contributed by atoms with Crippen LogP contribution in [-0.4, -0.2) is 15.9 Å². The summed E-state index contributed by atoms with van der Waals surface area (Å²) in [4.78, 5) is 21.2. The lowest BCUT2D eigenvalue weighted by Gasteiger charge is -2.06. The van der Waals surface area contributed by atoms with Crippen LogP contribution >= 0.6 is 0 Å². The number of nitrogens with zero attached hydrogens (tertiary/aromatic N) is 3. The Morgan fingerprint density at radius 2 is 1.55 bits per heavy atom. The zero-order chi connectivity index (χ0) is 21.9. The van der Waals surface area contributed by atoms with Crippen LogP contribution in [0.2, 0.25) is 0 Å². The molecular weight excluding hydrogens is 386 g/mol. The Bertz CT molecular complexity index is 1000. The molecule has 0 radical (unpaired) electrons. The number of nitriles is 1. The Hall–Kier alpha value is -3.52. The van der Waals surface area contributed by atoms with Gasteiger partial charge < -0.3 is 4.74 Å². The molecule has 0 aliphatic heterocycles. The van der Waals surface area contributed by atoms with Gasteiger partial charge in [-0.1, -0.05) is 39.0 Å². The van der Waals surface area contributed by atoms with E-state index in [0.717, 1.165) is 17.5 Å². The molecule has 0 aliphatic rings. The molecule has 0 atom stereocenters. The molecule has 158 valence electrons. The third-order valence-electron chi connectivity index (χ3n) is 5.10. The number of unbranched alkanes of at least 4 members (excludes halogenated alkanes) is 5. The normalized spacial score (nSPS) is 10.5. The van der Waals surface area contributed by atoms with Gasteiger partial charge in [-0.2, -0.15) is 5.26 Å². The second-order valence-corrected chi connectivity index (χ2v) is 7.54. The van der Waals surface area contributed by atoms with Crippen molar-refractivity contribution in [3.8, 4) is 23.2 Å². The summed E-state index contributed by atoms with van der Waals surface area (Å²) >= 11 is 0. The third-order valence-corrected chi connectivity index (χ3v) is 5.10. The predicted octanol–water partition coefficient (Wildman–Crippen LogP) is 6.14. The van der Waals surface area contributed by atoms with Gasteiger partial charge in [-0.15, -0.1) is 0 Å². The summed E-state index contributed by atoms with van der Waals surface area (Å²) in [5, 5.41) is 8.84. The summed E-state index contributed by atoms with van der Waals surface area (Å²) in [7, 11) is 0. The van der Waals surface area contributed by atoms with Gasteiger partial charge in [0.2, 0.25) is 0 Å². The number of rotatable bonds is 10. The standard InChI is InChI=1S/C26H27N3O2/c1-2-3-4-5-6-7-8-21-18-28-25(29-19-21)22-13-15-24(16-14-22)31-26(30)23-11-9-20(17-27)10-12-23/h9-16,18-19H,2-8H2,1H3. The molecule has 5 nitrogen and oxygen atoms in total. The molecule has 0 spiro atoms. The van der Waals surface area contributed by atoms with E-state index in [4.69, 9.17) is 10.00 Å². The summed E-state index contributed by atoms with van der Waals surface area (Å²) in [6.45, 7) is 2.23. The van der Waals surface area contributed by atoms with Crippen molar-refractivity contribution in [1.82, 2.24) is 9.97 Å². The van der Waals surface area contributed by atoms with Gasteiger partial charge in [-0.05, 0) is 66.9 Å². The SMILES string of the molecule is CCCCCCCCc1cnc(-c2ccc(OC(=O)c3ccc(C#N)cc3)cc2)nc1. The predicted molar refractivity (Wildman–Crippen MR) is 121 cm³/mol. The average molecular weight is 414 g/mol. The van der Waals surface area contributed by atoms with Crippen LogP contribution in [-0.2, 0) is 6.42 Å². The number of benzene rings is 2. The molecule has 0 amide bonds. The molecule has 2 aromatic carbocycles. The molecule has 0 bridgehead atoms. The first-order valence-electron chi connectivity index (χ1n) is 10.8. The fourth-order valence-electron chi connectivity index (χ4n) is 3.26. The minimum atomic E-state index is -0.465. The fraction of sp³-hybridized carbons (Fsp3) is 0.308. The van der Waals surface area contributed by atoms with Crippen molar-refractivity contribution in [3.05, 3.63) is 77.6 Å². The smallest absolute Gasteiger partial charge is 0.343 e. The largest absolute Gasteiger partial charge is 0.423 e. The van der Waals surface area contributed by atoms with E-state index in [2.05, 4.69) is 16.9 Å². The van der Waals surface area contributed by atoms with Gasteiger partial charge in [-0.3, -0.25) is 0 Å². The van der Waals surface area contributed by atoms with Crippen molar-refractivity contribution in [2.24, 2.45) is 0 Å². The topological polar surface area (TPSA) is 75.9 Å². The highest BCUT2D eigenvalue weighted by atomic mass is 16.5. The minimum Gasteiger partial charge on any atom is -0.423 e. The molecule has 0 aliphatic carbocycles. The van der Waals surface area contributed by atoms with Crippen molar-refractivity contribution in [3.63, 3.8) is 0 Å². The van der Waals surface area contributed by atoms with Crippen molar-refractivity contribution in [2.45, 2.75) is 51.9 Å². The summed E-state index contributed by atoms with van der Waals surface area (Å²) in [5.74, 6) is 0.627. The maximum atomic E-state index is 12.2. The van der Waals surface area contributed by atoms with Gasteiger partial charge >= 0.3 is 5.97 Å². The van der Waals surface area contributed by atoms with Crippen molar-refractivity contribution in [1.29, 1.82) is 5.26 Å². The monoisotopic (exact) mass is 413 g/mol. The van der Waals surface area contributed by atoms with Crippen molar-refractivity contribution in [2.75, 3.05) is 0 Å². The van der Waals surface area contributed by atoms with Crippen LogP contribution < -0.4 is 4.74 Å². The molecule has 0 saturated heterocycles. The number of aromatic nitrogens is 2. The lowest BCUT2D eigenvalue weighted by Crippen LogP contribution is -2.08. The lowest BCUT2D eigenvalue weighted by atomic mass is 10.1. The summed E-state index contributed by atoms with van der Waals surface area (Å²) in [6.07, 6.45) is 12.5. The molecular formula is C26H27N3O2. The molecule has 3 aromatic rings. The Balaban J connectivity index is 1.52. The highest BCUT2D eigenvalue weighted by Gasteiger charge is 2.09. The number of ether oxygens (including phenoxy) is 1. The van der Waals surface area contributed by atoms with E-state index in [1.54, 1.807) is 36.4 Å². The number of carbonyl (C=O) groups excluding carboxylic acids is 1. The second kappa shape index (κ2) is 11.6. The van der Waals surface area contributed by atoms with Gasteiger partial charge in [0, 0.05) is 18.0 Å². The summed E-state index contributed by atoms with van der Waals surface area (Å²) in [6, 6.07) is 15.5. The molecule has 0 unspecified atom stereocenters. The third kappa shape index (κ3) is 6.75. The molecule has 1 aromatic heterocycles. The fourth-order valence-corrected chi connectivity index (χ4v) is 3.26. The lowest BCUT2D eigenvalue weighted by molar-refractivity contribution is 0.0735. The first-order valence-corrected chi connectivity index (χ1v) is 10.8. The van der Waals surface area contributed by atoms with Gasteiger partial charge in [0.05, 0.1) is 17.2 Å². The number of hydrogen-bond acceptors (Lipinski definition) is 5. The van der Waals surface area contributed by atoms with Crippen LogP contribution in [0.5, 0.6) is 5.75 Å². The molecule has 5 heteroatoms. The van der Waals surface area contributed by atoms with E-state index >= 15 is 0 Å². The van der Waals surface area contributed by atoms with Gasteiger partial charge in [0.1, 0.15) is 5.75 Å². The maximum absolute atomic E-state index is 12.2. The van der Waals surface area contributed by atoms with Gasteiger partial charge in [-0.25, -0.2) is 14.8 Å². The molecule has 0 saturated carbocycles. The maximum Gasteiger partial charge on any atom is 0.343 e. The number of hydrogen-bond donors (Lipinski definition) is 0. The van der Waals surface area contributed by atoms with Crippen LogP contribution in [0, 0.1) is 11.3 Å². The molecule has 31 heavy (non-hydrogen) atoms. The number of aryl methyl sites for hydroxylation is 1. The Labute approximate surface area is 183 Å². The van der Waals surface area contributed by atoms with Crippen molar-refractivity contribution >= 4 is 5.97 Å². The highest BCUT2D eigenvalue weighted by Crippen LogP contribution is 2.20. The Morgan fingerprint density at radius 1 is 0.903 bits per heavy atom. The van der Waals surface area contributed by atoms with Crippen LogP contribution in [0.4, 0.5) is 0 Å². The molecule has 0 fully saturated rings. The first kappa shape index (κ1) is 22.2. The van der Waals surface area contributed by atoms with Crippen LogP contribution in [0.1, 0.15) is 66.9 Å². The van der Waals surface area contributed by atoms with Crippen LogP contribution in [0.15, 0.2) is 60.9 Å². The van der Waals surface area contributed by atoms with E-state index < -0.39 is 5.97 Å². The van der Waals surface area contributed by atoms with E-state index in [-0.39, 0.29) is 0 Å². The second-order valence-electron chi connectivity index (χ2n) is 7.54. The quantitative estimate of drug-likeness (QED) is 0.227. The van der Waals surface area contributed by atoms with E-state index in [1.165, 1.54) is 38.5 Å². The molecule has 0 N–H and O–H groups in total. The zero-order valence-corrected chi connectivity index (χ0v) is 17.9. The number of carbonyl (C=O) groups is 1. The number of esters is 1. The van der Waals surface area contributed by atoms with Crippen LogP contribution in [0.25, 0.3) is 11.4 Å². The summed E-state index contributed by atoms with van der Waals surface area (Å²) < 4.78 is 5.40. The molecule has 1 heterocycles. The first-order chi connectivity index (χ1) is 15.2. The van der Waals surface area contributed by atoms with Crippen molar-refractivity contribution < 1.29 is 9.53 Å². The van der Waals surface area contributed by atoms with Crippen LogP contribution in [0.3, 0.4) is 0 Å². The Morgan fingerprint density at radius 3 is 2.19 bits per heavy atom. The van der Waals surface area contributed by atoms with E-state index in [9.17, 15) is 4.79 Å².